The molecule has 4 saturated carbocycles. The third kappa shape index (κ3) is 4.20. The van der Waals surface area contributed by atoms with Gasteiger partial charge in [-0.3, -0.25) is 4.79 Å². The van der Waals surface area contributed by atoms with Gasteiger partial charge in [0.05, 0.1) is 23.7 Å². The first-order chi connectivity index (χ1) is 16.7. The van der Waals surface area contributed by atoms with Crippen LogP contribution in [0.15, 0.2) is 53.4 Å². The second kappa shape index (κ2) is 8.40. The Morgan fingerprint density at radius 1 is 0.943 bits per heavy atom. The number of hydrogen-bond acceptors (Lipinski definition) is 5. The summed E-state index contributed by atoms with van der Waals surface area (Å²) in [5, 5.41) is 14.0. The van der Waals surface area contributed by atoms with Gasteiger partial charge in [0.15, 0.2) is 0 Å². The molecule has 2 atom stereocenters. The van der Waals surface area contributed by atoms with Crippen LogP contribution in [0, 0.1) is 11.8 Å². The summed E-state index contributed by atoms with van der Waals surface area (Å²) in [5.41, 5.74) is 1.92. The van der Waals surface area contributed by atoms with Crippen molar-refractivity contribution in [2.75, 3.05) is 31.6 Å². The van der Waals surface area contributed by atoms with E-state index in [1.165, 1.54) is 28.4 Å². The molecule has 0 aromatic heterocycles. The van der Waals surface area contributed by atoms with E-state index in [-0.39, 0.29) is 16.2 Å². The van der Waals surface area contributed by atoms with Gasteiger partial charge in [-0.1, -0.05) is 12.1 Å². The lowest BCUT2D eigenvalue weighted by Gasteiger charge is -2.60. The lowest BCUT2D eigenvalue weighted by Crippen LogP contribution is -2.57. The minimum absolute atomic E-state index is 0.0587. The highest BCUT2D eigenvalue weighted by atomic mass is 32.2. The van der Waals surface area contributed by atoms with Gasteiger partial charge in [0.2, 0.25) is 10.0 Å². The second-order valence-corrected chi connectivity index (χ2v) is 13.0. The summed E-state index contributed by atoms with van der Waals surface area (Å²) < 4.78 is 32.2. The number of rotatable bonds is 5. The van der Waals surface area contributed by atoms with Crippen molar-refractivity contribution in [3.8, 4) is 0 Å². The normalized spacial score (nSPS) is 32.5. The molecule has 2 aromatic rings. The SMILES string of the molecule is O=C(Nc1ccc(C23C[C@@H]4C[C@H](CC(O)(C4)C2)C3)cc1)c1ccc(S(=O)(=O)N2CCOCC2)cc1. The van der Waals surface area contributed by atoms with E-state index in [4.69, 9.17) is 4.74 Å². The van der Waals surface area contributed by atoms with Crippen LogP contribution in [0.2, 0.25) is 0 Å². The molecule has 8 heteroatoms. The monoisotopic (exact) mass is 496 g/mol. The van der Waals surface area contributed by atoms with E-state index in [0.717, 1.165) is 32.1 Å². The maximum atomic E-state index is 12.8. The quantitative estimate of drug-likeness (QED) is 0.660. The van der Waals surface area contributed by atoms with Crippen molar-refractivity contribution in [3.63, 3.8) is 0 Å². The third-order valence-electron chi connectivity index (χ3n) is 8.51. The Kier molecular flexibility index (Phi) is 5.56. The van der Waals surface area contributed by atoms with E-state index in [1.54, 1.807) is 12.1 Å². The Hall–Kier alpha value is -2.26. The Balaban J connectivity index is 1.14. The summed E-state index contributed by atoms with van der Waals surface area (Å²) in [7, 11) is -3.59. The second-order valence-electron chi connectivity index (χ2n) is 11.0. The molecule has 0 spiro atoms. The summed E-state index contributed by atoms with van der Waals surface area (Å²) >= 11 is 0. The number of carbonyl (C=O) groups is 1. The van der Waals surface area contributed by atoms with Crippen molar-refractivity contribution in [1.82, 2.24) is 4.31 Å². The minimum atomic E-state index is -3.59. The fourth-order valence-corrected chi connectivity index (χ4v) is 8.78. The van der Waals surface area contributed by atoms with Crippen molar-refractivity contribution < 1.29 is 23.1 Å². The highest BCUT2D eigenvalue weighted by molar-refractivity contribution is 7.89. The fraction of sp³-hybridized carbons (Fsp3) is 0.519. The van der Waals surface area contributed by atoms with Crippen LogP contribution in [0.3, 0.4) is 0 Å². The molecule has 5 aliphatic rings. The van der Waals surface area contributed by atoms with E-state index in [2.05, 4.69) is 17.4 Å². The van der Waals surface area contributed by atoms with Crippen LogP contribution in [-0.2, 0) is 20.2 Å². The molecular formula is C27H32N2O5S. The lowest BCUT2D eigenvalue weighted by atomic mass is 9.46. The summed E-state index contributed by atoms with van der Waals surface area (Å²) in [4.78, 5) is 13.0. The standard InChI is InChI=1S/C27H32N2O5S/c30-25(21-1-7-24(8-2-21)35(32,33)29-9-11-34-12-10-29)28-23-5-3-22(4-6-23)26-14-19-13-20(15-26)17-27(31,16-19)18-26/h1-8,19-20,31H,9-18H2,(H,28,30)/t19-,20-,26?,27?/m0/s1. The summed E-state index contributed by atoms with van der Waals surface area (Å²) in [6.45, 7) is 1.45. The van der Waals surface area contributed by atoms with Gasteiger partial charge in [0.25, 0.3) is 5.91 Å². The average molecular weight is 497 g/mol. The van der Waals surface area contributed by atoms with Gasteiger partial charge < -0.3 is 15.2 Å². The van der Waals surface area contributed by atoms with Gasteiger partial charge in [0, 0.05) is 24.3 Å². The highest BCUT2D eigenvalue weighted by Gasteiger charge is 2.57. The molecule has 2 aromatic carbocycles. The van der Waals surface area contributed by atoms with Crippen molar-refractivity contribution in [1.29, 1.82) is 0 Å². The van der Waals surface area contributed by atoms with E-state index in [0.29, 0.717) is 49.4 Å². The molecule has 4 aliphatic carbocycles. The predicted octanol–water partition coefficient (Wildman–Crippen LogP) is 3.54. The molecule has 1 heterocycles. The number of nitrogens with zero attached hydrogens (tertiary/aromatic N) is 1. The van der Waals surface area contributed by atoms with E-state index in [1.807, 2.05) is 12.1 Å². The Bertz CT molecular complexity index is 1210. The first kappa shape index (κ1) is 23.2. The van der Waals surface area contributed by atoms with Crippen molar-refractivity contribution in [3.05, 3.63) is 59.7 Å². The lowest BCUT2D eigenvalue weighted by molar-refractivity contribution is -0.136. The number of benzene rings is 2. The summed E-state index contributed by atoms with van der Waals surface area (Å²) in [5.74, 6) is 0.962. The maximum Gasteiger partial charge on any atom is 0.255 e. The van der Waals surface area contributed by atoms with Gasteiger partial charge >= 0.3 is 0 Å². The van der Waals surface area contributed by atoms with Crippen molar-refractivity contribution >= 4 is 21.6 Å². The highest BCUT2D eigenvalue weighted by Crippen LogP contribution is 2.62. The Morgan fingerprint density at radius 3 is 2.17 bits per heavy atom. The first-order valence-corrected chi connectivity index (χ1v) is 14.0. The molecular weight excluding hydrogens is 464 g/mol. The van der Waals surface area contributed by atoms with Crippen LogP contribution in [0.5, 0.6) is 0 Å². The molecule has 5 fully saturated rings. The first-order valence-electron chi connectivity index (χ1n) is 12.6. The Labute approximate surface area is 206 Å². The molecule has 1 amide bonds. The molecule has 1 aliphatic heterocycles. The minimum Gasteiger partial charge on any atom is -0.390 e. The van der Waals surface area contributed by atoms with Crippen molar-refractivity contribution in [2.24, 2.45) is 11.8 Å². The molecule has 186 valence electrons. The van der Waals surface area contributed by atoms with Gasteiger partial charge in [-0.05, 0) is 97.7 Å². The largest absolute Gasteiger partial charge is 0.390 e. The molecule has 2 N–H and O–H groups in total. The topological polar surface area (TPSA) is 95.9 Å². The van der Waals surface area contributed by atoms with Crippen LogP contribution >= 0.6 is 0 Å². The number of sulfonamides is 1. The molecule has 7 nitrogen and oxygen atoms in total. The van der Waals surface area contributed by atoms with Crippen LogP contribution in [0.1, 0.15) is 54.4 Å². The number of anilines is 1. The number of nitrogens with one attached hydrogen (secondary N) is 1. The van der Waals surface area contributed by atoms with Gasteiger partial charge in [-0.15, -0.1) is 0 Å². The van der Waals surface area contributed by atoms with Gasteiger partial charge in [0.1, 0.15) is 0 Å². The number of amides is 1. The molecule has 7 rings (SSSR count). The predicted molar refractivity (Wildman–Crippen MR) is 132 cm³/mol. The zero-order chi connectivity index (χ0) is 24.3. The molecule has 1 saturated heterocycles. The maximum absolute atomic E-state index is 12.8. The van der Waals surface area contributed by atoms with Crippen LogP contribution < -0.4 is 5.32 Å². The molecule has 35 heavy (non-hydrogen) atoms. The molecule has 0 unspecified atom stereocenters. The Morgan fingerprint density at radius 2 is 1.57 bits per heavy atom. The van der Waals surface area contributed by atoms with Crippen LogP contribution in [0.25, 0.3) is 0 Å². The number of hydrogen-bond donors (Lipinski definition) is 2. The number of ether oxygens (including phenoxy) is 1. The van der Waals surface area contributed by atoms with Gasteiger partial charge in [-0.25, -0.2) is 8.42 Å². The van der Waals surface area contributed by atoms with Crippen LogP contribution in [-0.4, -0.2) is 55.6 Å². The smallest absolute Gasteiger partial charge is 0.255 e. The summed E-state index contributed by atoms with van der Waals surface area (Å²) in [6.07, 6.45) is 6.30. The van der Waals surface area contributed by atoms with Crippen molar-refractivity contribution in [2.45, 2.75) is 54.4 Å². The van der Waals surface area contributed by atoms with E-state index in [9.17, 15) is 18.3 Å². The fourth-order valence-electron chi connectivity index (χ4n) is 7.38. The molecule has 0 radical (unpaired) electrons. The van der Waals surface area contributed by atoms with E-state index < -0.39 is 15.6 Å². The van der Waals surface area contributed by atoms with Gasteiger partial charge in [-0.2, -0.15) is 4.31 Å². The third-order valence-corrected chi connectivity index (χ3v) is 10.4. The summed E-state index contributed by atoms with van der Waals surface area (Å²) in [6, 6.07) is 14.1. The zero-order valence-electron chi connectivity index (χ0n) is 19.8. The number of aliphatic hydroxyl groups is 1. The number of carbonyl (C=O) groups excluding carboxylic acids is 1. The number of morpholine rings is 1. The van der Waals surface area contributed by atoms with E-state index >= 15 is 0 Å². The van der Waals surface area contributed by atoms with Crippen LogP contribution in [0.4, 0.5) is 5.69 Å². The zero-order valence-corrected chi connectivity index (χ0v) is 20.6. The average Bonchev–Trinajstić information content (AvgIpc) is 2.83. The molecule has 4 bridgehead atoms.